The van der Waals surface area contributed by atoms with E-state index in [4.69, 9.17) is 0 Å². The average Bonchev–Trinajstić information content (AvgIpc) is 3.37. The van der Waals surface area contributed by atoms with Crippen LogP contribution in [0.1, 0.15) is 15.9 Å². The topological polar surface area (TPSA) is 59.8 Å². The smallest absolute Gasteiger partial charge is 0.281 e. The van der Waals surface area contributed by atoms with Gasteiger partial charge in [-0.25, -0.2) is 4.39 Å². The first-order chi connectivity index (χ1) is 13.2. The van der Waals surface area contributed by atoms with E-state index in [0.29, 0.717) is 23.9 Å². The van der Waals surface area contributed by atoms with Crippen molar-refractivity contribution in [1.29, 1.82) is 0 Å². The molecule has 0 saturated carbocycles. The summed E-state index contributed by atoms with van der Waals surface area (Å²) in [7, 11) is 0. The van der Waals surface area contributed by atoms with Crippen molar-refractivity contribution in [2.45, 2.75) is 6.54 Å². The predicted molar refractivity (Wildman–Crippen MR) is 103 cm³/mol. The van der Waals surface area contributed by atoms with Gasteiger partial charge in [0, 0.05) is 12.1 Å². The second kappa shape index (κ2) is 7.51. The lowest BCUT2D eigenvalue weighted by atomic mass is 10.2. The Morgan fingerprint density at radius 2 is 1.81 bits per heavy atom. The van der Waals surface area contributed by atoms with E-state index in [1.807, 2.05) is 47.8 Å². The summed E-state index contributed by atoms with van der Waals surface area (Å²) in [5.41, 5.74) is 1.39. The molecule has 1 N–H and O–H groups in total. The fourth-order valence-corrected chi connectivity index (χ4v) is 3.22. The van der Waals surface area contributed by atoms with E-state index >= 15 is 0 Å². The van der Waals surface area contributed by atoms with Crippen LogP contribution in [0.15, 0.2) is 72.1 Å². The second-order valence-electron chi connectivity index (χ2n) is 5.80. The molecule has 0 bridgehead atoms. The summed E-state index contributed by atoms with van der Waals surface area (Å²) < 4.78 is 14.4. The molecular formula is C20H15FN4OS. The van der Waals surface area contributed by atoms with E-state index in [1.54, 1.807) is 0 Å². The van der Waals surface area contributed by atoms with Gasteiger partial charge in [-0.05, 0) is 41.3 Å². The lowest BCUT2D eigenvalue weighted by Crippen LogP contribution is -2.17. The third-order valence-corrected chi connectivity index (χ3v) is 4.79. The van der Waals surface area contributed by atoms with Crippen LogP contribution in [-0.4, -0.2) is 20.7 Å². The highest BCUT2D eigenvalue weighted by Gasteiger charge is 2.19. The SMILES string of the molecule is O=C(c1ccc(F)cc1)n1nc(-c2cccs2)nc1NCc1ccccc1. The number of hydrogen-bond acceptors (Lipinski definition) is 5. The highest BCUT2D eigenvalue weighted by atomic mass is 32.1. The number of anilines is 1. The molecule has 0 aliphatic carbocycles. The van der Waals surface area contributed by atoms with Gasteiger partial charge in [0.15, 0.2) is 5.82 Å². The quantitative estimate of drug-likeness (QED) is 0.558. The van der Waals surface area contributed by atoms with E-state index in [0.717, 1.165) is 10.4 Å². The van der Waals surface area contributed by atoms with Crippen LogP contribution >= 0.6 is 11.3 Å². The molecule has 0 saturated heterocycles. The molecule has 0 aliphatic rings. The number of carbonyl (C=O) groups is 1. The zero-order valence-corrected chi connectivity index (χ0v) is 15.0. The first kappa shape index (κ1) is 17.1. The number of nitrogens with one attached hydrogen (secondary N) is 1. The molecule has 4 aromatic rings. The largest absolute Gasteiger partial charge is 0.350 e. The Balaban J connectivity index is 1.67. The zero-order valence-electron chi connectivity index (χ0n) is 14.2. The van der Waals surface area contributed by atoms with Gasteiger partial charge in [0.25, 0.3) is 5.91 Å². The van der Waals surface area contributed by atoms with Crippen LogP contribution in [0.2, 0.25) is 0 Å². The van der Waals surface area contributed by atoms with Crippen LogP contribution in [0.5, 0.6) is 0 Å². The Kier molecular flexibility index (Phi) is 4.76. The fourth-order valence-electron chi connectivity index (χ4n) is 2.57. The van der Waals surface area contributed by atoms with Crippen molar-refractivity contribution in [3.05, 3.63) is 89.1 Å². The Bertz CT molecular complexity index is 1040. The predicted octanol–water partition coefficient (Wildman–Crippen LogP) is 4.45. The molecule has 27 heavy (non-hydrogen) atoms. The number of halogens is 1. The molecule has 0 spiro atoms. The molecule has 134 valence electrons. The standard InChI is InChI=1S/C20H15FN4OS/c21-16-10-8-15(9-11-16)19(26)25-20(22-13-14-5-2-1-3-6-14)23-18(24-25)17-7-4-12-27-17/h1-12H,13H2,(H,22,23,24). The van der Waals surface area contributed by atoms with Crippen molar-refractivity contribution in [1.82, 2.24) is 14.8 Å². The van der Waals surface area contributed by atoms with Gasteiger partial charge in [0.05, 0.1) is 4.88 Å². The molecule has 2 aromatic heterocycles. The molecule has 2 aromatic carbocycles. The van der Waals surface area contributed by atoms with Gasteiger partial charge in [-0.2, -0.15) is 9.67 Å². The van der Waals surface area contributed by atoms with Gasteiger partial charge < -0.3 is 5.32 Å². The zero-order chi connectivity index (χ0) is 18.6. The van der Waals surface area contributed by atoms with Crippen molar-refractivity contribution in [2.24, 2.45) is 0 Å². The molecule has 7 heteroatoms. The molecule has 0 aliphatic heterocycles. The maximum atomic E-state index is 13.2. The number of aromatic nitrogens is 3. The number of rotatable bonds is 5. The maximum Gasteiger partial charge on any atom is 0.281 e. The average molecular weight is 378 g/mol. The molecule has 0 amide bonds. The molecule has 0 fully saturated rings. The molecular weight excluding hydrogens is 363 g/mol. The van der Waals surface area contributed by atoms with Gasteiger partial charge >= 0.3 is 0 Å². The third kappa shape index (κ3) is 3.78. The van der Waals surface area contributed by atoms with Crippen molar-refractivity contribution in [3.63, 3.8) is 0 Å². The second-order valence-corrected chi connectivity index (χ2v) is 6.75. The van der Waals surface area contributed by atoms with E-state index in [-0.39, 0.29) is 5.91 Å². The minimum atomic E-state index is -0.396. The summed E-state index contributed by atoms with van der Waals surface area (Å²) in [4.78, 5) is 18.2. The summed E-state index contributed by atoms with van der Waals surface area (Å²) >= 11 is 1.50. The Morgan fingerprint density at radius 1 is 1.04 bits per heavy atom. The summed E-state index contributed by atoms with van der Waals surface area (Å²) in [6.45, 7) is 0.500. The summed E-state index contributed by atoms with van der Waals surface area (Å²) in [5.74, 6) is 0.0420. The lowest BCUT2D eigenvalue weighted by molar-refractivity contribution is 0.0947. The lowest BCUT2D eigenvalue weighted by Gasteiger charge is -2.07. The van der Waals surface area contributed by atoms with E-state index < -0.39 is 5.82 Å². The van der Waals surface area contributed by atoms with Gasteiger partial charge in [0.1, 0.15) is 5.82 Å². The van der Waals surface area contributed by atoms with Crippen LogP contribution in [0.4, 0.5) is 10.3 Å². The fraction of sp³-hybridized carbons (Fsp3) is 0.0500. The van der Waals surface area contributed by atoms with Gasteiger partial charge in [-0.3, -0.25) is 4.79 Å². The molecule has 0 unspecified atom stereocenters. The number of nitrogens with zero attached hydrogens (tertiary/aromatic N) is 3. The van der Waals surface area contributed by atoms with E-state index in [2.05, 4.69) is 15.4 Å². The maximum absolute atomic E-state index is 13.2. The number of benzene rings is 2. The monoisotopic (exact) mass is 378 g/mol. The molecule has 5 nitrogen and oxygen atoms in total. The molecule has 4 rings (SSSR count). The van der Waals surface area contributed by atoms with E-state index in [1.165, 1.54) is 40.3 Å². The summed E-state index contributed by atoms with van der Waals surface area (Å²) in [5, 5.41) is 9.47. The molecule has 0 radical (unpaired) electrons. The number of hydrogen-bond donors (Lipinski definition) is 1. The normalized spacial score (nSPS) is 10.7. The van der Waals surface area contributed by atoms with Crippen molar-refractivity contribution < 1.29 is 9.18 Å². The Hall–Kier alpha value is -3.32. The van der Waals surface area contributed by atoms with Crippen LogP contribution in [0.3, 0.4) is 0 Å². The first-order valence-corrected chi connectivity index (χ1v) is 9.18. The van der Waals surface area contributed by atoms with Gasteiger partial charge in [-0.1, -0.05) is 36.4 Å². The van der Waals surface area contributed by atoms with Crippen LogP contribution in [0, 0.1) is 5.82 Å². The van der Waals surface area contributed by atoms with E-state index in [9.17, 15) is 9.18 Å². The van der Waals surface area contributed by atoms with Crippen molar-refractivity contribution in [3.8, 4) is 10.7 Å². The summed E-state index contributed by atoms with van der Waals surface area (Å²) in [6.07, 6.45) is 0. The van der Waals surface area contributed by atoms with Gasteiger partial charge in [0.2, 0.25) is 5.95 Å². The number of thiophene rings is 1. The Labute approximate surface area is 159 Å². The number of carbonyl (C=O) groups excluding carboxylic acids is 1. The minimum absolute atomic E-state index is 0.335. The minimum Gasteiger partial charge on any atom is -0.350 e. The van der Waals surface area contributed by atoms with Crippen molar-refractivity contribution >= 4 is 23.2 Å². The molecule has 2 heterocycles. The van der Waals surface area contributed by atoms with Crippen LogP contribution in [0.25, 0.3) is 10.7 Å². The molecule has 0 atom stereocenters. The highest BCUT2D eigenvalue weighted by Crippen LogP contribution is 2.23. The van der Waals surface area contributed by atoms with Crippen molar-refractivity contribution in [2.75, 3.05) is 5.32 Å². The summed E-state index contributed by atoms with van der Waals surface area (Å²) in [6, 6.07) is 19.0. The highest BCUT2D eigenvalue weighted by molar-refractivity contribution is 7.13. The third-order valence-electron chi connectivity index (χ3n) is 3.93. The van der Waals surface area contributed by atoms with Gasteiger partial charge in [-0.15, -0.1) is 16.4 Å². The van der Waals surface area contributed by atoms with Crippen LogP contribution < -0.4 is 5.32 Å². The van der Waals surface area contributed by atoms with Crippen LogP contribution in [-0.2, 0) is 6.54 Å². The Morgan fingerprint density at radius 3 is 2.52 bits per heavy atom. The first-order valence-electron chi connectivity index (χ1n) is 8.30.